The lowest BCUT2D eigenvalue weighted by Crippen LogP contribution is -2.44. The van der Waals surface area contributed by atoms with Crippen molar-refractivity contribution in [3.05, 3.63) is 66.3 Å². The highest BCUT2D eigenvalue weighted by Crippen LogP contribution is 2.33. The zero-order chi connectivity index (χ0) is 27.3. The molecular weight excluding hydrogens is 468 g/mol. The van der Waals surface area contributed by atoms with Gasteiger partial charge in [0.1, 0.15) is 16.5 Å². The maximum atomic E-state index is 11.5. The summed E-state index contributed by atoms with van der Waals surface area (Å²) in [6, 6.07) is 11.9. The summed E-state index contributed by atoms with van der Waals surface area (Å²) in [5, 5.41) is 5.82. The number of hydrogen-bond donors (Lipinski definition) is 2. The minimum Gasteiger partial charge on any atom is -0.494 e. The number of halogens is 1. The van der Waals surface area contributed by atoms with Crippen LogP contribution in [-0.2, 0) is 4.79 Å². The van der Waals surface area contributed by atoms with Gasteiger partial charge in [0.25, 0.3) is 0 Å². The van der Waals surface area contributed by atoms with Gasteiger partial charge in [0, 0.05) is 43.6 Å². The molecule has 0 bridgehead atoms. The molecule has 2 heterocycles. The molecule has 1 amide bonds. The van der Waals surface area contributed by atoms with Gasteiger partial charge in [-0.1, -0.05) is 18.2 Å². The summed E-state index contributed by atoms with van der Waals surface area (Å²) >= 11 is 6.25. The normalized spacial score (nSPS) is 15.4. The minimum absolute atomic E-state index is 0.0828. The van der Waals surface area contributed by atoms with E-state index in [1.54, 1.807) is 36.4 Å². The number of nitrogens with zero attached hydrogens (tertiary/aromatic N) is 4. The van der Waals surface area contributed by atoms with E-state index in [1.165, 1.54) is 12.3 Å². The molecule has 0 aliphatic carbocycles. The van der Waals surface area contributed by atoms with E-state index in [-0.39, 0.29) is 28.5 Å². The van der Waals surface area contributed by atoms with Gasteiger partial charge in [-0.05, 0) is 49.5 Å². The van der Waals surface area contributed by atoms with Crippen LogP contribution in [0.2, 0.25) is 5.02 Å². The number of rotatable bonds is 8. The molecular formula is C25H27ClN6O3. The Balaban J connectivity index is 1.54. The Labute approximate surface area is 213 Å². The summed E-state index contributed by atoms with van der Waals surface area (Å²) < 4.78 is 33.9. The summed E-state index contributed by atoms with van der Waals surface area (Å²) in [6.07, 6.45) is 2.54. The van der Waals surface area contributed by atoms with Gasteiger partial charge in [0.05, 0.1) is 23.0 Å². The van der Waals surface area contributed by atoms with Gasteiger partial charge in [0.2, 0.25) is 17.7 Å². The van der Waals surface area contributed by atoms with Crippen molar-refractivity contribution < 1.29 is 18.4 Å². The van der Waals surface area contributed by atoms with Crippen LogP contribution in [0.15, 0.2) is 61.3 Å². The van der Waals surface area contributed by atoms with E-state index < -0.39 is 7.04 Å². The minimum atomic E-state index is -2.65. The van der Waals surface area contributed by atoms with Crippen LogP contribution in [0.1, 0.15) is 4.11 Å². The molecule has 1 fully saturated rings. The van der Waals surface area contributed by atoms with Crippen LogP contribution in [0.5, 0.6) is 17.4 Å². The highest BCUT2D eigenvalue weighted by Gasteiger charge is 2.17. The number of ether oxygens (including phenoxy) is 2. The number of carbonyl (C=O) groups is 1. The van der Waals surface area contributed by atoms with Crippen LogP contribution < -0.4 is 25.0 Å². The quantitative estimate of drug-likeness (QED) is 0.438. The van der Waals surface area contributed by atoms with Crippen molar-refractivity contribution in [2.24, 2.45) is 0 Å². The van der Waals surface area contributed by atoms with Gasteiger partial charge in [-0.3, -0.25) is 4.79 Å². The molecule has 0 radical (unpaired) electrons. The first kappa shape index (κ1) is 20.5. The second-order valence-corrected chi connectivity index (χ2v) is 8.27. The molecule has 35 heavy (non-hydrogen) atoms. The second-order valence-electron chi connectivity index (χ2n) is 7.86. The summed E-state index contributed by atoms with van der Waals surface area (Å²) in [5.74, 6) is 0.448. The standard InChI is InChI=1S/C25H27ClN6O3/c1-4-23(33)28-17-5-8-19(9-6-17)35-24-20(26)16-27-25(30-24)29-21-10-7-18(15-22(21)34-3)32-13-11-31(2)12-14-32/h4-10,15-16H,1,11-14H2,2-3H3,(H,28,33)(H,27,29,30)/i3D3. The molecule has 2 aromatic carbocycles. The molecule has 1 aliphatic rings. The Morgan fingerprint density at radius 1 is 1.20 bits per heavy atom. The van der Waals surface area contributed by atoms with Gasteiger partial charge < -0.3 is 29.9 Å². The Hall–Kier alpha value is -3.82. The smallest absolute Gasteiger partial charge is 0.247 e. The second kappa shape index (κ2) is 11.1. The molecule has 3 aromatic rings. The SMILES string of the molecule is [2H]C([2H])([2H])Oc1cc(N2CCN(C)CC2)ccc1Nc1ncc(Cl)c(Oc2ccc(NC(=O)C=C)cc2)n1. The van der Waals surface area contributed by atoms with Crippen molar-refractivity contribution in [2.45, 2.75) is 0 Å². The van der Waals surface area contributed by atoms with Gasteiger partial charge in [-0.15, -0.1) is 0 Å². The lowest BCUT2D eigenvalue weighted by Gasteiger charge is -2.34. The summed E-state index contributed by atoms with van der Waals surface area (Å²) in [7, 11) is -0.583. The van der Waals surface area contributed by atoms with Crippen LogP contribution >= 0.6 is 11.6 Å². The zero-order valence-electron chi connectivity index (χ0n) is 22.1. The molecule has 9 nitrogen and oxygen atoms in total. The lowest BCUT2D eigenvalue weighted by molar-refractivity contribution is -0.111. The molecule has 182 valence electrons. The highest BCUT2D eigenvalue weighted by atomic mass is 35.5. The van der Waals surface area contributed by atoms with Crippen molar-refractivity contribution in [3.8, 4) is 17.4 Å². The number of likely N-dealkylation sites (N-methyl/N-ethyl adjacent to an activating group) is 1. The van der Waals surface area contributed by atoms with Crippen molar-refractivity contribution in [3.63, 3.8) is 0 Å². The van der Waals surface area contributed by atoms with E-state index in [9.17, 15) is 4.79 Å². The van der Waals surface area contributed by atoms with E-state index in [0.29, 0.717) is 17.1 Å². The fourth-order valence-corrected chi connectivity index (χ4v) is 3.60. The van der Waals surface area contributed by atoms with E-state index in [4.69, 9.17) is 25.2 Å². The number of piperazine rings is 1. The Bertz CT molecular complexity index is 1300. The summed E-state index contributed by atoms with van der Waals surface area (Å²) in [5.41, 5.74) is 1.80. The third kappa shape index (κ3) is 6.20. The predicted octanol–water partition coefficient (Wildman–Crippen LogP) is 4.55. The van der Waals surface area contributed by atoms with Crippen molar-refractivity contribution in [2.75, 3.05) is 55.8 Å². The number of benzene rings is 2. The molecule has 2 N–H and O–H groups in total. The topological polar surface area (TPSA) is 91.9 Å². The van der Waals surface area contributed by atoms with Crippen LogP contribution in [-0.4, -0.2) is 61.0 Å². The van der Waals surface area contributed by atoms with Crippen molar-refractivity contribution in [1.82, 2.24) is 14.9 Å². The fourth-order valence-electron chi connectivity index (χ4n) is 3.48. The van der Waals surface area contributed by atoms with E-state index in [1.807, 2.05) is 6.07 Å². The first-order valence-electron chi connectivity index (χ1n) is 12.4. The number of amides is 1. The zero-order valence-corrected chi connectivity index (χ0v) is 19.9. The molecule has 1 aliphatic heterocycles. The van der Waals surface area contributed by atoms with Crippen LogP contribution in [0.4, 0.5) is 23.0 Å². The van der Waals surface area contributed by atoms with Crippen LogP contribution in [0, 0.1) is 0 Å². The Morgan fingerprint density at radius 2 is 1.97 bits per heavy atom. The lowest BCUT2D eigenvalue weighted by atomic mass is 10.2. The van der Waals surface area contributed by atoms with Gasteiger partial charge >= 0.3 is 0 Å². The number of carbonyl (C=O) groups excluding carboxylic acids is 1. The summed E-state index contributed by atoms with van der Waals surface area (Å²) in [6.45, 7) is 6.87. The number of nitrogens with one attached hydrogen (secondary N) is 2. The molecule has 4 rings (SSSR count). The maximum absolute atomic E-state index is 11.5. The fraction of sp³-hybridized carbons (Fsp3) is 0.240. The highest BCUT2D eigenvalue weighted by molar-refractivity contribution is 6.31. The average molecular weight is 498 g/mol. The van der Waals surface area contributed by atoms with Crippen LogP contribution in [0.25, 0.3) is 0 Å². The Morgan fingerprint density at radius 3 is 2.69 bits per heavy atom. The third-order valence-electron chi connectivity index (χ3n) is 5.42. The third-order valence-corrected chi connectivity index (χ3v) is 5.68. The molecule has 1 aromatic heterocycles. The predicted molar refractivity (Wildman–Crippen MR) is 138 cm³/mol. The van der Waals surface area contributed by atoms with Crippen molar-refractivity contribution in [1.29, 1.82) is 0 Å². The molecule has 10 heteroatoms. The molecule has 0 unspecified atom stereocenters. The number of aromatic nitrogens is 2. The molecule has 0 atom stereocenters. The van der Waals surface area contributed by atoms with Gasteiger partial charge in [-0.25, -0.2) is 4.98 Å². The first-order valence-corrected chi connectivity index (χ1v) is 11.2. The first-order chi connectivity index (χ1) is 18.1. The van der Waals surface area contributed by atoms with Gasteiger partial charge in [-0.2, -0.15) is 4.98 Å². The number of methoxy groups -OCH3 is 1. The van der Waals surface area contributed by atoms with Gasteiger partial charge in [0.15, 0.2) is 0 Å². The molecule has 1 saturated heterocycles. The van der Waals surface area contributed by atoms with Crippen LogP contribution in [0.3, 0.4) is 0 Å². The molecule has 0 spiro atoms. The van der Waals surface area contributed by atoms with E-state index >= 15 is 0 Å². The number of anilines is 4. The Kier molecular flexibility index (Phi) is 6.50. The van der Waals surface area contributed by atoms with Crippen molar-refractivity contribution >= 4 is 40.5 Å². The summed E-state index contributed by atoms with van der Waals surface area (Å²) in [4.78, 5) is 24.4. The molecule has 0 saturated carbocycles. The van der Waals surface area contributed by atoms with E-state index in [2.05, 4.69) is 44.0 Å². The monoisotopic (exact) mass is 497 g/mol. The maximum Gasteiger partial charge on any atom is 0.247 e. The average Bonchev–Trinajstić information content (AvgIpc) is 2.87. The van der Waals surface area contributed by atoms with E-state index in [0.717, 1.165) is 31.9 Å². The number of hydrogen-bond acceptors (Lipinski definition) is 8. The largest absolute Gasteiger partial charge is 0.494 e.